The van der Waals surface area contributed by atoms with Crippen LogP contribution in [0.2, 0.25) is 5.04 Å². The molecule has 2 aromatic rings. The Hall–Kier alpha value is -3.05. The summed E-state index contributed by atoms with van der Waals surface area (Å²) in [5, 5.41) is 10.9. The monoisotopic (exact) mass is 736 g/mol. The molecule has 0 spiro atoms. The fraction of sp³-hybridized carbons (Fsp3) is 0.595. The minimum Gasteiger partial charge on any atom is -0.476 e. The van der Waals surface area contributed by atoms with E-state index < -0.39 is 26.0 Å². The number of carbonyl (C=O) groups is 3. The van der Waals surface area contributed by atoms with Gasteiger partial charge in [0.25, 0.3) is 8.32 Å². The second-order valence-corrected chi connectivity index (χ2v) is 16.6. The first-order valence-electron chi connectivity index (χ1n) is 17.4. The molecule has 14 heteroatoms. The van der Waals surface area contributed by atoms with Gasteiger partial charge in [-0.2, -0.15) is 0 Å². The summed E-state index contributed by atoms with van der Waals surface area (Å²) in [7, 11) is -2.55. The normalized spacial score (nSPS) is 11.8. The zero-order valence-corrected chi connectivity index (χ0v) is 31.3. The van der Waals surface area contributed by atoms with Gasteiger partial charge in [0, 0.05) is 6.42 Å². The lowest BCUT2D eigenvalue weighted by atomic mass is 10.2. The van der Waals surface area contributed by atoms with Crippen LogP contribution in [0.15, 0.2) is 60.7 Å². The third-order valence-corrected chi connectivity index (χ3v) is 12.5. The van der Waals surface area contributed by atoms with Gasteiger partial charge in [0.2, 0.25) is 5.78 Å². The molecule has 0 saturated heterocycles. The van der Waals surface area contributed by atoms with Gasteiger partial charge in [-0.15, -0.1) is 0 Å². The van der Waals surface area contributed by atoms with E-state index in [2.05, 4.69) is 69.3 Å². The molecule has 1 N–H and O–H groups in total. The van der Waals surface area contributed by atoms with Gasteiger partial charge in [0.1, 0.15) is 6.61 Å². The summed E-state index contributed by atoms with van der Waals surface area (Å²) < 4.78 is 50.3. The Bertz CT molecular complexity index is 1170. The number of benzene rings is 2. The van der Waals surface area contributed by atoms with Crippen molar-refractivity contribution in [3.63, 3.8) is 0 Å². The summed E-state index contributed by atoms with van der Waals surface area (Å²) in [6.45, 7) is 13.2. The van der Waals surface area contributed by atoms with Gasteiger partial charge >= 0.3 is 11.9 Å². The smallest absolute Gasteiger partial charge is 0.372 e. The average molecular weight is 737 g/mol. The fourth-order valence-electron chi connectivity index (χ4n) is 5.05. The van der Waals surface area contributed by atoms with Crippen molar-refractivity contribution in [2.45, 2.75) is 38.7 Å². The van der Waals surface area contributed by atoms with Crippen molar-refractivity contribution in [3.8, 4) is 0 Å². The molecule has 0 fully saturated rings. The summed E-state index contributed by atoms with van der Waals surface area (Å²) in [6.07, 6.45) is -0.659. The van der Waals surface area contributed by atoms with E-state index in [0.717, 1.165) is 0 Å². The molecule has 13 nitrogen and oxygen atoms in total. The molecule has 0 aliphatic rings. The van der Waals surface area contributed by atoms with Crippen molar-refractivity contribution >= 4 is 36.4 Å². The van der Waals surface area contributed by atoms with E-state index in [9.17, 15) is 14.4 Å². The van der Waals surface area contributed by atoms with Crippen LogP contribution in [-0.2, 0) is 56.7 Å². The predicted molar refractivity (Wildman–Crippen MR) is 192 cm³/mol. The lowest BCUT2D eigenvalue weighted by Crippen LogP contribution is -2.66. The van der Waals surface area contributed by atoms with Gasteiger partial charge in [-0.3, -0.25) is 9.59 Å². The fourth-order valence-corrected chi connectivity index (χ4v) is 9.59. The number of aliphatic carboxylic acids is 1. The van der Waals surface area contributed by atoms with E-state index in [0.29, 0.717) is 92.5 Å². The second kappa shape index (κ2) is 26.7. The summed E-state index contributed by atoms with van der Waals surface area (Å²) in [5.74, 6) is -3.23. The van der Waals surface area contributed by atoms with Gasteiger partial charge in [-0.1, -0.05) is 81.4 Å². The molecule has 0 unspecified atom stereocenters. The van der Waals surface area contributed by atoms with Crippen molar-refractivity contribution in [2.24, 2.45) is 0 Å². The van der Waals surface area contributed by atoms with Crippen LogP contribution < -0.4 is 10.4 Å². The number of ketones is 1. The summed E-state index contributed by atoms with van der Waals surface area (Å²) in [4.78, 5) is 32.7. The van der Waals surface area contributed by atoms with E-state index in [-0.39, 0.29) is 31.1 Å². The molecule has 0 amide bonds. The Balaban J connectivity index is 1.36. The van der Waals surface area contributed by atoms with E-state index in [1.165, 1.54) is 10.4 Å². The second-order valence-electron chi connectivity index (χ2n) is 12.2. The molecule has 51 heavy (non-hydrogen) atoms. The number of carboxylic acids is 1. The van der Waals surface area contributed by atoms with E-state index in [1.807, 2.05) is 12.1 Å². The van der Waals surface area contributed by atoms with Crippen molar-refractivity contribution < 1.29 is 61.8 Å². The lowest BCUT2D eigenvalue weighted by Gasteiger charge is -2.43. The van der Waals surface area contributed by atoms with Crippen LogP contribution >= 0.6 is 0 Å². The van der Waals surface area contributed by atoms with Gasteiger partial charge in [0.15, 0.2) is 0 Å². The number of hydrogen-bond donors (Lipinski definition) is 1. The largest absolute Gasteiger partial charge is 0.476 e. The molecule has 0 radical (unpaired) electrons. The molecule has 0 saturated carbocycles. The van der Waals surface area contributed by atoms with Crippen LogP contribution in [0.1, 0.15) is 33.6 Å². The van der Waals surface area contributed by atoms with Crippen LogP contribution in [0.3, 0.4) is 0 Å². The first-order chi connectivity index (χ1) is 24.7. The maximum atomic E-state index is 11.4. The minimum atomic E-state index is -2.55. The highest BCUT2D eigenvalue weighted by Crippen LogP contribution is 2.36. The average Bonchev–Trinajstić information content (AvgIpc) is 3.12. The molecular weight excluding hydrogens is 680 g/mol. The van der Waals surface area contributed by atoms with Crippen molar-refractivity contribution in [3.05, 3.63) is 60.7 Å². The quantitative estimate of drug-likeness (QED) is 0.0523. The van der Waals surface area contributed by atoms with Gasteiger partial charge in [0.05, 0.1) is 106 Å². The first-order valence-corrected chi connectivity index (χ1v) is 19.3. The molecule has 0 heterocycles. The summed E-state index contributed by atoms with van der Waals surface area (Å²) in [6, 6.07) is 21.1. The highest BCUT2D eigenvalue weighted by Gasteiger charge is 2.50. The molecule has 2 aromatic carbocycles. The molecule has 0 aromatic heterocycles. The number of Topliss-reactive ketones (excluding diaryl/α,β-unsaturated/α-hetero) is 1. The zero-order chi connectivity index (χ0) is 37.0. The van der Waals surface area contributed by atoms with E-state index in [4.69, 9.17) is 47.4 Å². The molecule has 2 rings (SSSR count). The Morgan fingerprint density at radius 2 is 0.843 bits per heavy atom. The number of esters is 1. The topological polar surface area (TPSA) is 155 Å². The number of ether oxygens (including phenoxy) is 8. The van der Waals surface area contributed by atoms with Crippen LogP contribution in [0.4, 0.5) is 0 Å². The standard InChI is InChI=1S/C37H56O13Si/c1-37(2,3)51(32-10-6-4-7-11-32,33-12-8-5-9-13-33)50-31-29-48-27-25-46-23-21-44-19-17-42-16-18-43-20-22-45-24-26-47-28-30-49-35(39)15-14-34(38)36(40)41/h4-13H,14-31H2,1-3H3,(H,40,41). The first kappa shape index (κ1) is 44.1. The molecule has 0 atom stereocenters. The highest BCUT2D eigenvalue weighted by molar-refractivity contribution is 6.99. The molecule has 0 aliphatic heterocycles. The predicted octanol–water partition coefficient (Wildman–Crippen LogP) is 2.66. The molecule has 286 valence electrons. The molecule has 0 aliphatic carbocycles. The van der Waals surface area contributed by atoms with Crippen molar-refractivity contribution in [1.29, 1.82) is 0 Å². The highest BCUT2D eigenvalue weighted by atomic mass is 28.4. The van der Waals surface area contributed by atoms with Crippen LogP contribution in [-0.4, -0.2) is 137 Å². The van der Waals surface area contributed by atoms with Crippen molar-refractivity contribution in [2.75, 3.05) is 106 Å². The van der Waals surface area contributed by atoms with Gasteiger partial charge < -0.3 is 47.4 Å². The molecular formula is C37H56O13Si. The minimum absolute atomic E-state index is 0.0144. The van der Waals surface area contributed by atoms with Crippen molar-refractivity contribution in [1.82, 2.24) is 0 Å². The number of carbonyl (C=O) groups excluding carboxylic acids is 2. The summed E-state index contributed by atoms with van der Waals surface area (Å²) in [5.41, 5.74) is 0. The Morgan fingerprint density at radius 3 is 1.18 bits per heavy atom. The number of carboxylic acid groups (broad SMARTS) is 1. The third kappa shape index (κ3) is 18.3. The third-order valence-electron chi connectivity index (χ3n) is 7.48. The van der Waals surface area contributed by atoms with Crippen LogP contribution in [0.25, 0.3) is 0 Å². The zero-order valence-electron chi connectivity index (χ0n) is 30.3. The van der Waals surface area contributed by atoms with Crippen LogP contribution in [0.5, 0.6) is 0 Å². The number of rotatable bonds is 31. The Labute approximate surface area is 302 Å². The van der Waals surface area contributed by atoms with Gasteiger partial charge in [-0.05, 0) is 15.4 Å². The summed E-state index contributed by atoms with van der Waals surface area (Å²) >= 11 is 0. The number of hydrogen-bond acceptors (Lipinski definition) is 12. The Morgan fingerprint density at radius 1 is 0.510 bits per heavy atom. The molecule has 0 bridgehead atoms. The van der Waals surface area contributed by atoms with Gasteiger partial charge in [-0.25, -0.2) is 4.79 Å². The van der Waals surface area contributed by atoms with E-state index in [1.54, 1.807) is 0 Å². The van der Waals surface area contributed by atoms with E-state index >= 15 is 0 Å². The lowest BCUT2D eigenvalue weighted by molar-refractivity contribution is -0.151. The van der Waals surface area contributed by atoms with Crippen LogP contribution in [0, 0.1) is 0 Å². The Kier molecular flexibility index (Phi) is 23.1. The maximum absolute atomic E-state index is 11.4. The maximum Gasteiger partial charge on any atom is 0.372 e. The SMILES string of the molecule is CC(C)(C)[Si](OCCOCCOCCOCCOCCOCCOCCOCCOC(=O)CCC(=O)C(=O)O)(c1ccccc1)c1ccccc1.